The molecule has 0 bridgehead atoms. The SMILES string of the molecule is CC(C)(C)OC(=O)N1CCc2ccccc2C1C(=O)Nc1cnn(CC2CCCO2)c1. The summed E-state index contributed by atoms with van der Waals surface area (Å²) in [4.78, 5) is 27.7. The Morgan fingerprint density at radius 3 is 2.84 bits per heavy atom. The molecule has 8 nitrogen and oxygen atoms in total. The van der Waals surface area contributed by atoms with Gasteiger partial charge in [-0.2, -0.15) is 5.10 Å². The fourth-order valence-corrected chi connectivity index (χ4v) is 4.10. The van der Waals surface area contributed by atoms with Gasteiger partial charge in [-0.15, -0.1) is 0 Å². The lowest BCUT2D eigenvalue weighted by Crippen LogP contribution is -2.47. The van der Waals surface area contributed by atoms with Gasteiger partial charge >= 0.3 is 6.09 Å². The van der Waals surface area contributed by atoms with E-state index in [0.29, 0.717) is 25.2 Å². The zero-order valence-electron chi connectivity index (χ0n) is 18.3. The van der Waals surface area contributed by atoms with Crippen molar-refractivity contribution in [2.24, 2.45) is 0 Å². The summed E-state index contributed by atoms with van der Waals surface area (Å²) in [7, 11) is 0. The molecule has 1 saturated heterocycles. The van der Waals surface area contributed by atoms with Crippen LogP contribution in [0.5, 0.6) is 0 Å². The van der Waals surface area contributed by atoms with E-state index in [-0.39, 0.29) is 12.0 Å². The number of hydrogen-bond acceptors (Lipinski definition) is 5. The van der Waals surface area contributed by atoms with E-state index in [1.807, 2.05) is 45.0 Å². The van der Waals surface area contributed by atoms with Crippen molar-refractivity contribution in [3.8, 4) is 0 Å². The zero-order chi connectivity index (χ0) is 22.0. The number of nitrogens with one attached hydrogen (secondary N) is 1. The molecule has 1 aromatic carbocycles. The molecule has 0 radical (unpaired) electrons. The van der Waals surface area contributed by atoms with E-state index >= 15 is 0 Å². The van der Waals surface area contributed by atoms with Crippen LogP contribution in [-0.4, -0.2) is 51.5 Å². The number of carbonyl (C=O) groups is 2. The number of ether oxygens (including phenoxy) is 2. The van der Waals surface area contributed by atoms with Crippen LogP contribution in [0, 0.1) is 0 Å². The van der Waals surface area contributed by atoms with Gasteiger partial charge in [-0.05, 0) is 51.2 Å². The van der Waals surface area contributed by atoms with Crippen molar-refractivity contribution >= 4 is 17.7 Å². The molecule has 166 valence electrons. The standard InChI is InChI=1S/C23H30N4O4/c1-23(2,3)31-22(29)27-11-10-16-7-4-5-9-19(16)20(27)21(28)25-17-13-24-26(14-17)15-18-8-6-12-30-18/h4-5,7,9,13-14,18,20H,6,8,10-12,15H2,1-3H3,(H,25,28). The van der Waals surface area contributed by atoms with Crippen molar-refractivity contribution in [3.05, 3.63) is 47.8 Å². The zero-order valence-corrected chi connectivity index (χ0v) is 18.3. The highest BCUT2D eigenvalue weighted by Gasteiger charge is 2.38. The molecule has 8 heteroatoms. The molecule has 0 aliphatic carbocycles. The predicted molar refractivity (Wildman–Crippen MR) is 116 cm³/mol. The van der Waals surface area contributed by atoms with Gasteiger partial charge in [0.25, 0.3) is 5.91 Å². The third-order valence-electron chi connectivity index (χ3n) is 5.48. The van der Waals surface area contributed by atoms with Gasteiger partial charge in [-0.1, -0.05) is 24.3 Å². The van der Waals surface area contributed by atoms with Gasteiger partial charge in [0.1, 0.15) is 11.6 Å². The van der Waals surface area contributed by atoms with E-state index in [1.165, 1.54) is 4.90 Å². The minimum Gasteiger partial charge on any atom is -0.444 e. The Morgan fingerprint density at radius 2 is 2.10 bits per heavy atom. The molecule has 1 fully saturated rings. The topological polar surface area (TPSA) is 85.7 Å². The van der Waals surface area contributed by atoms with Gasteiger partial charge in [0.05, 0.1) is 24.5 Å². The molecule has 2 aliphatic rings. The van der Waals surface area contributed by atoms with Crippen LogP contribution in [0.1, 0.15) is 50.8 Å². The lowest BCUT2D eigenvalue weighted by Gasteiger charge is -2.37. The second kappa shape index (κ2) is 8.70. The van der Waals surface area contributed by atoms with Crippen LogP contribution in [0.4, 0.5) is 10.5 Å². The second-order valence-corrected chi connectivity index (χ2v) is 9.10. The minimum absolute atomic E-state index is 0.163. The van der Waals surface area contributed by atoms with E-state index in [0.717, 1.165) is 30.6 Å². The Kier molecular flexibility index (Phi) is 6.00. The Labute approximate surface area is 182 Å². The van der Waals surface area contributed by atoms with Gasteiger partial charge in [-0.25, -0.2) is 4.79 Å². The van der Waals surface area contributed by atoms with Gasteiger partial charge in [-0.3, -0.25) is 14.4 Å². The molecule has 2 amide bonds. The summed E-state index contributed by atoms with van der Waals surface area (Å²) in [6.45, 7) is 7.33. The Morgan fingerprint density at radius 1 is 1.29 bits per heavy atom. The first-order valence-electron chi connectivity index (χ1n) is 10.8. The van der Waals surface area contributed by atoms with Crippen molar-refractivity contribution in [1.29, 1.82) is 0 Å². The molecule has 31 heavy (non-hydrogen) atoms. The molecule has 4 rings (SSSR count). The molecule has 2 aromatic rings. The van der Waals surface area contributed by atoms with Crippen molar-refractivity contribution in [2.75, 3.05) is 18.5 Å². The molecule has 1 N–H and O–H groups in total. The number of amides is 2. The highest BCUT2D eigenvalue weighted by Crippen LogP contribution is 2.32. The van der Waals surface area contributed by atoms with Crippen LogP contribution in [0.15, 0.2) is 36.7 Å². The number of benzene rings is 1. The molecule has 0 saturated carbocycles. The Balaban J connectivity index is 1.53. The van der Waals surface area contributed by atoms with Gasteiger partial charge in [0.2, 0.25) is 0 Å². The first-order valence-corrected chi connectivity index (χ1v) is 10.8. The number of fused-ring (bicyclic) bond motifs is 1. The maximum Gasteiger partial charge on any atom is 0.411 e. The first-order chi connectivity index (χ1) is 14.8. The van der Waals surface area contributed by atoms with E-state index in [2.05, 4.69) is 10.4 Å². The maximum atomic E-state index is 13.3. The summed E-state index contributed by atoms with van der Waals surface area (Å²) < 4.78 is 13.0. The molecule has 2 unspecified atom stereocenters. The quantitative estimate of drug-likeness (QED) is 0.808. The molecule has 2 atom stereocenters. The van der Waals surface area contributed by atoms with Gasteiger partial charge in [0, 0.05) is 19.3 Å². The number of aromatic nitrogens is 2. The molecule has 0 spiro atoms. The maximum absolute atomic E-state index is 13.3. The normalized spacial score (nSPS) is 20.9. The van der Waals surface area contributed by atoms with E-state index in [4.69, 9.17) is 9.47 Å². The Bertz CT molecular complexity index is 943. The first kappa shape index (κ1) is 21.4. The van der Waals surface area contributed by atoms with Gasteiger partial charge in [0.15, 0.2) is 0 Å². The highest BCUT2D eigenvalue weighted by atomic mass is 16.6. The monoisotopic (exact) mass is 426 g/mol. The van der Waals surface area contributed by atoms with Crippen molar-refractivity contribution in [2.45, 2.75) is 64.3 Å². The van der Waals surface area contributed by atoms with Crippen LogP contribution in [0.3, 0.4) is 0 Å². The summed E-state index contributed by atoms with van der Waals surface area (Å²) in [6.07, 6.45) is 5.86. The van der Waals surface area contributed by atoms with Crippen molar-refractivity contribution in [3.63, 3.8) is 0 Å². The molecule has 1 aromatic heterocycles. The van der Waals surface area contributed by atoms with E-state index < -0.39 is 17.7 Å². The number of carbonyl (C=O) groups excluding carboxylic acids is 2. The smallest absolute Gasteiger partial charge is 0.411 e. The lowest BCUT2D eigenvalue weighted by molar-refractivity contribution is -0.121. The molecule has 3 heterocycles. The molecular weight excluding hydrogens is 396 g/mol. The average molecular weight is 427 g/mol. The Hall–Kier alpha value is -2.87. The fraction of sp³-hybridized carbons (Fsp3) is 0.522. The summed E-state index contributed by atoms with van der Waals surface area (Å²) in [5.41, 5.74) is 1.84. The number of nitrogens with zero attached hydrogens (tertiary/aromatic N) is 3. The number of anilines is 1. The van der Waals surface area contributed by atoms with Crippen LogP contribution in [-0.2, 0) is 27.2 Å². The lowest BCUT2D eigenvalue weighted by atomic mass is 9.92. The van der Waals surface area contributed by atoms with Crippen LogP contribution in [0.2, 0.25) is 0 Å². The van der Waals surface area contributed by atoms with Crippen molar-refractivity contribution in [1.82, 2.24) is 14.7 Å². The summed E-state index contributed by atoms with van der Waals surface area (Å²) in [5, 5.41) is 7.27. The third-order valence-corrected chi connectivity index (χ3v) is 5.48. The summed E-state index contributed by atoms with van der Waals surface area (Å²) in [5.74, 6) is -0.283. The van der Waals surface area contributed by atoms with Crippen molar-refractivity contribution < 1.29 is 19.1 Å². The van der Waals surface area contributed by atoms with Crippen LogP contribution >= 0.6 is 0 Å². The summed E-state index contributed by atoms with van der Waals surface area (Å²) in [6, 6.07) is 6.98. The molecule has 2 aliphatic heterocycles. The number of rotatable bonds is 4. The largest absolute Gasteiger partial charge is 0.444 e. The average Bonchev–Trinajstić information content (AvgIpc) is 3.38. The van der Waals surface area contributed by atoms with E-state index in [1.54, 1.807) is 17.1 Å². The van der Waals surface area contributed by atoms with Crippen LogP contribution < -0.4 is 5.32 Å². The fourth-order valence-electron chi connectivity index (χ4n) is 4.10. The minimum atomic E-state index is -0.763. The number of hydrogen-bond donors (Lipinski definition) is 1. The summed E-state index contributed by atoms with van der Waals surface area (Å²) >= 11 is 0. The predicted octanol–water partition coefficient (Wildman–Crippen LogP) is 3.54. The highest BCUT2D eigenvalue weighted by molar-refractivity contribution is 5.97. The molecular formula is C23H30N4O4. The van der Waals surface area contributed by atoms with Gasteiger partial charge < -0.3 is 14.8 Å². The van der Waals surface area contributed by atoms with E-state index in [9.17, 15) is 9.59 Å². The van der Waals surface area contributed by atoms with Crippen LogP contribution in [0.25, 0.3) is 0 Å². The third kappa shape index (κ3) is 5.07. The second-order valence-electron chi connectivity index (χ2n) is 9.10.